The molecule has 1 rings (SSSR count). The van der Waals surface area contributed by atoms with Crippen LogP contribution in [0.2, 0.25) is 0 Å². The Bertz CT molecular complexity index is 467. The van der Waals surface area contributed by atoms with Crippen LogP contribution in [0, 0.1) is 26.2 Å². The number of rotatable bonds is 7. The van der Waals surface area contributed by atoms with Gasteiger partial charge in [-0.05, 0) is 56.6 Å². The summed E-state index contributed by atoms with van der Waals surface area (Å²) in [7, 11) is 0. The molecule has 0 atom stereocenters. The molecule has 0 radical (unpaired) electrons. The van der Waals surface area contributed by atoms with Gasteiger partial charge in [-0.15, -0.1) is 0 Å². The van der Waals surface area contributed by atoms with Crippen LogP contribution in [-0.2, 0) is 0 Å². The lowest BCUT2D eigenvalue weighted by molar-refractivity contribution is 0.0906. The first-order valence-electron chi connectivity index (χ1n) is 7.86. The highest BCUT2D eigenvalue weighted by molar-refractivity contribution is 5.97. The van der Waals surface area contributed by atoms with E-state index in [2.05, 4.69) is 19.2 Å². The lowest BCUT2D eigenvalue weighted by Crippen LogP contribution is -2.38. The highest BCUT2D eigenvalue weighted by Crippen LogP contribution is 2.29. The molecule has 0 aliphatic heterocycles. The minimum Gasteiger partial charge on any atom is -0.396 e. The molecular weight excluding hydrogens is 262 g/mol. The number of hydrogen-bond acceptors (Lipinski definition) is 2. The Morgan fingerprint density at radius 2 is 1.67 bits per heavy atom. The van der Waals surface area contributed by atoms with Gasteiger partial charge in [0, 0.05) is 18.7 Å². The summed E-state index contributed by atoms with van der Waals surface area (Å²) in [5.74, 6) is -0.00536. The zero-order chi connectivity index (χ0) is 16.0. The largest absolute Gasteiger partial charge is 0.396 e. The molecule has 0 heterocycles. The van der Waals surface area contributed by atoms with E-state index in [0.29, 0.717) is 6.54 Å². The summed E-state index contributed by atoms with van der Waals surface area (Å²) < 4.78 is 0. The Morgan fingerprint density at radius 1 is 1.14 bits per heavy atom. The van der Waals surface area contributed by atoms with Gasteiger partial charge >= 0.3 is 0 Å². The molecule has 2 N–H and O–H groups in total. The predicted octanol–water partition coefficient (Wildman–Crippen LogP) is 3.53. The van der Waals surface area contributed by atoms with Gasteiger partial charge in [0.2, 0.25) is 0 Å². The van der Waals surface area contributed by atoms with Crippen LogP contribution in [0.3, 0.4) is 0 Å². The average Bonchev–Trinajstić information content (AvgIpc) is 2.42. The van der Waals surface area contributed by atoms with E-state index in [1.165, 1.54) is 5.56 Å². The van der Waals surface area contributed by atoms with Gasteiger partial charge in [0.1, 0.15) is 0 Å². The van der Waals surface area contributed by atoms with Crippen molar-refractivity contribution in [3.63, 3.8) is 0 Å². The standard InChI is InChI=1S/C18H29NO2/c1-6-18(7-2,8-9-20)12-19-17(21)16-14(4)10-13(3)11-15(16)5/h10-11,20H,6-9,12H2,1-5H3,(H,19,21). The predicted molar refractivity (Wildman–Crippen MR) is 87.7 cm³/mol. The van der Waals surface area contributed by atoms with E-state index in [4.69, 9.17) is 0 Å². The maximum Gasteiger partial charge on any atom is 0.251 e. The molecule has 1 aromatic carbocycles. The summed E-state index contributed by atoms with van der Waals surface area (Å²) >= 11 is 0. The first-order chi connectivity index (χ1) is 9.89. The number of nitrogens with one attached hydrogen (secondary N) is 1. The van der Waals surface area contributed by atoms with Crippen LogP contribution in [0.25, 0.3) is 0 Å². The normalized spacial score (nSPS) is 11.5. The number of amides is 1. The third-order valence-electron chi connectivity index (χ3n) is 4.67. The van der Waals surface area contributed by atoms with Crippen molar-refractivity contribution >= 4 is 5.91 Å². The first kappa shape index (κ1) is 17.7. The Kier molecular flexibility index (Phi) is 6.41. The molecule has 0 spiro atoms. The lowest BCUT2D eigenvalue weighted by Gasteiger charge is -2.31. The summed E-state index contributed by atoms with van der Waals surface area (Å²) in [4.78, 5) is 12.5. The molecule has 0 bridgehead atoms. The summed E-state index contributed by atoms with van der Waals surface area (Å²) in [5.41, 5.74) is 4.00. The van der Waals surface area contributed by atoms with E-state index in [0.717, 1.165) is 36.0 Å². The molecule has 1 amide bonds. The van der Waals surface area contributed by atoms with Gasteiger partial charge in [0.15, 0.2) is 0 Å². The fourth-order valence-electron chi connectivity index (χ4n) is 3.07. The van der Waals surface area contributed by atoms with Crippen LogP contribution in [-0.4, -0.2) is 24.2 Å². The minimum atomic E-state index is -0.00536. The molecule has 0 aromatic heterocycles. The third-order valence-corrected chi connectivity index (χ3v) is 4.67. The fourth-order valence-corrected chi connectivity index (χ4v) is 3.07. The number of aryl methyl sites for hydroxylation is 3. The van der Waals surface area contributed by atoms with E-state index in [-0.39, 0.29) is 17.9 Å². The van der Waals surface area contributed by atoms with Crippen LogP contribution in [0.1, 0.15) is 60.2 Å². The average molecular weight is 291 g/mol. The smallest absolute Gasteiger partial charge is 0.251 e. The van der Waals surface area contributed by atoms with Crippen molar-refractivity contribution in [2.24, 2.45) is 5.41 Å². The number of carbonyl (C=O) groups excluding carboxylic acids is 1. The molecule has 0 unspecified atom stereocenters. The second kappa shape index (κ2) is 7.60. The lowest BCUT2D eigenvalue weighted by atomic mass is 9.79. The van der Waals surface area contributed by atoms with Gasteiger partial charge in [-0.2, -0.15) is 0 Å². The Balaban J connectivity index is 2.87. The Hall–Kier alpha value is -1.35. The minimum absolute atomic E-state index is 0.00306. The maximum absolute atomic E-state index is 12.5. The summed E-state index contributed by atoms with van der Waals surface area (Å²) in [6.45, 7) is 11.0. The van der Waals surface area contributed by atoms with Gasteiger partial charge in [0.25, 0.3) is 5.91 Å². The van der Waals surface area contributed by atoms with Crippen molar-refractivity contribution in [1.29, 1.82) is 0 Å². The Labute approximate surface area is 128 Å². The third kappa shape index (κ3) is 4.31. The van der Waals surface area contributed by atoms with Crippen molar-refractivity contribution in [2.75, 3.05) is 13.2 Å². The molecule has 118 valence electrons. The number of aliphatic hydroxyl groups excluding tert-OH is 1. The molecule has 0 aliphatic carbocycles. The molecule has 21 heavy (non-hydrogen) atoms. The zero-order valence-electron chi connectivity index (χ0n) is 14.0. The van der Waals surface area contributed by atoms with Crippen molar-refractivity contribution < 1.29 is 9.90 Å². The topological polar surface area (TPSA) is 49.3 Å². The number of benzene rings is 1. The van der Waals surface area contributed by atoms with Crippen LogP contribution in [0.5, 0.6) is 0 Å². The van der Waals surface area contributed by atoms with E-state index in [9.17, 15) is 9.90 Å². The maximum atomic E-state index is 12.5. The molecule has 0 aliphatic rings. The fraction of sp³-hybridized carbons (Fsp3) is 0.611. The second-order valence-electron chi connectivity index (χ2n) is 6.14. The van der Waals surface area contributed by atoms with Crippen molar-refractivity contribution in [1.82, 2.24) is 5.32 Å². The van der Waals surface area contributed by atoms with Gasteiger partial charge in [-0.25, -0.2) is 0 Å². The SMILES string of the molecule is CCC(CC)(CCO)CNC(=O)c1c(C)cc(C)cc1C. The van der Waals surface area contributed by atoms with Crippen molar-refractivity contribution in [3.8, 4) is 0 Å². The first-order valence-corrected chi connectivity index (χ1v) is 7.86. The van der Waals surface area contributed by atoms with E-state index in [1.807, 2.05) is 32.9 Å². The zero-order valence-corrected chi connectivity index (χ0v) is 14.0. The van der Waals surface area contributed by atoms with Crippen LogP contribution in [0.4, 0.5) is 0 Å². The monoisotopic (exact) mass is 291 g/mol. The van der Waals surface area contributed by atoms with E-state index < -0.39 is 0 Å². The highest BCUT2D eigenvalue weighted by atomic mass is 16.3. The molecule has 3 nitrogen and oxygen atoms in total. The number of carbonyl (C=O) groups is 1. The van der Waals surface area contributed by atoms with Gasteiger partial charge in [-0.3, -0.25) is 4.79 Å². The van der Waals surface area contributed by atoms with Crippen LogP contribution in [0.15, 0.2) is 12.1 Å². The second-order valence-corrected chi connectivity index (χ2v) is 6.14. The van der Waals surface area contributed by atoms with E-state index >= 15 is 0 Å². The van der Waals surface area contributed by atoms with Gasteiger partial charge < -0.3 is 10.4 Å². The molecule has 1 aromatic rings. The highest BCUT2D eigenvalue weighted by Gasteiger charge is 2.26. The van der Waals surface area contributed by atoms with Crippen LogP contribution >= 0.6 is 0 Å². The summed E-state index contributed by atoms with van der Waals surface area (Å²) in [6, 6.07) is 4.09. The van der Waals surface area contributed by atoms with E-state index in [1.54, 1.807) is 0 Å². The van der Waals surface area contributed by atoms with Crippen LogP contribution < -0.4 is 5.32 Å². The molecule has 3 heteroatoms. The quantitative estimate of drug-likeness (QED) is 0.807. The van der Waals surface area contributed by atoms with Crippen molar-refractivity contribution in [3.05, 3.63) is 34.4 Å². The van der Waals surface area contributed by atoms with Gasteiger partial charge in [-0.1, -0.05) is 31.5 Å². The number of aliphatic hydroxyl groups is 1. The number of hydrogen-bond donors (Lipinski definition) is 2. The molecule has 0 saturated carbocycles. The molecule has 0 fully saturated rings. The molecular formula is C18H29NO2. The molecule has 0 saturated heterocycles. The van der Waals surface area contributed by atoms with Crippen molar-refractivity contribution in [2.45, 2.75) is 53.9 Å². The summed E-state index contributed by atoms with van der Waals surface area (Å²) in [5, 5.41) is 12.3. The summed E-state index contributed by atoms with van der Waals surface area (Å²) in [6.07, 6.45) is 2.64. The van der Waals surface area contributed by atoms with Gasteiger partial charge in [0.05, 0.1) is 0 Å². The Morgan fingerprint density at radius 3 is 2.10 bits per heavy atom.